The Morgan fingerprint density at radius 1 is 1.25 bits per heavy atom. The summed E-state index contributed by atoms with van der Waals surface area (Å²) in [6, 6.07) is 9.98. The van der Waals surface area contributed by atoms with E-state index in [0.29, 0.717) is 11.1 Å². The fraction of sp³-hybridized carbons (Fsp3) is 0.200. The Bertz CT molecular complexity index is 664. The molecule has 2 N–H and O–H groups in total. The highest BCUT2D eigenvalue weighted by Gasteiger charge is 2.42. The number of nitrogens with one attached hydrogen (secondary N) is 1. The van der Waals surface area contributed by atoms with Crippen LogP contribution in [0.2, 0.25) is 0 Å². The number of amides is 1. The zero-order valence-electron chi connectivity index (χ0n) is 10.9. The van der Waals surface area contributed by atoms with Gasteiger partial charge in [0.25, 0.3) is 5.91 Å². The van der Waals surface area contributed by atoms with Gasteiger partial charge in [0, 0.05) is 24.5 Å². The number of carbonyl (C=O) groups excluding carboxylic acids is 1. The fourth-order valence-corrected chi connectivity index (χ4v) is 2.86. The number of aliphatic carboxylic acids is 1. The molecule has 20 heavy (non-hydrogen) atoms. The van der Waals surface area contributed by atoms with Crippen LogP contribution in [-0.4, -0.2) is 33.9 Å². The van der Waals surface area contributed by atoms with E-state index < -0.39 is 17.9 Å². The Morgan fingerprint density at radius 2 is 2.00 bits per heavy atom. The van der Waals surface area contributed by atoms with E-state index in [1.807, 2.05) is 0 Å². The van der Waals surface area contributed by atoms with Gasteiger partial charge in [-0.2, -0.15) is 0 Å². The van der Waals surface area contributed by atoms with Gasteiger partial charge in [0.1, 0.15) is 5.92 Å². The number of rotatable bonds is 2. The summed E-state index contributed by atoms with van der Waals surface area (Å²) in [6.07, 6.45) is 1.73. The maximum Gasteiger partial charge on any atom is 0.313 e. The molecule has 1 amide bonds. The minimum atomic E-state index is -0.934. The predicted octanol–water partition coefficient (Wildman–Crippen LogP) is 2.01. The summed E-state index contributed by atoms with van der Waals surface area (Å²) < 4.78 is 0. The molecule has 2 unspecified atom stereocenters. The Labute approximate surface area is 115 Å². The quantitative estimate of drug-likeness (QED) is 0.876. The van der Waals surface area contributed by atoms with Crippen molar-refractivity contribution in [1.82, 2.24) is 9.88 Å². The van der Waals surface area contributed by atoms with E-state index in [4.69, 9.17) is 0 Å². The van der Waals surface area contributed by atoms with E-state index in [1.54, 1.807) is 49.6 Å². The van der Waals surface area contributed by atoms with Crippen LogP contribution in [0.15, 0.2) is 42.6 Å². The molecule has 0 saturated heterocycles. The molecule has 102 valence electrons. The normalized spacial score (nSPS) is 21.6. The second-order valence-corrected chi connectivity index (χ2v) is 4.89. The number of carboxylic acids is 1. The fourth-order valence-electron chi connectivity index (χ4n) is 2.86. The van der Waals surface area contributed by atoms with Crippen LogP contribution in [0, 0.1) is 0 Å². The lowest BCUT2D eigenvalue weighted by molar-refractivity contribution is -0.140. The molecule has 1 aliphatic heterocycles. The molecule has 0 spiro atoms. The number of nitrogens with zero attached hydrogens (tertiary/aromatic N) is 1. The van der Waals surface area contributed by atoms with Gasteiger partial charge in [0.15, 0.2) is 0 Å². The Balaban J connectivity index is 2.21. The van der Waals surface area contributed by atoms with Crippen molar-refractivity contribution in [2.75, 3.05) is 7.05 Å². The molecule has 5 nitrogen and oxygen atoms in total. The number of carboxylic acid groups (broad SMARTS) is 1. The highest BCUT2D eigenvalue weighted by molar-refractivity contribution is 6.00. The van der Waals surface area contributed by atoms with Crippen molar-refractivity contribution < 1.29 is 14.7 Å². The average Bonchev–Trinajstić information content (AvgIpc) is 2.96. The van der Waals surface area contributed by atoms with Gasteiger partial charge in [-0.15, -0.1) is 0 Å². The molecule has 0 fully saturated rings. The molecule has 1 aromatic heterocycles. The van der Waals surface area contributed by atoms with Gasteiger partial charge in [-0.3, -0.25) is 9.59 Å². The third-order valence-electron chi connectivity index (χ3n) is 3.79. The molecule has 0 radical (unpaired) electrons. The maximum absolute atomic E-state index is 12.4. The van der Waals surface area contributed by atoms with Crippen LogP contribution in [0.4, 0.5) is 0 Å². The summed E-state index contributed by atoms with van der Waals surface area (Å²) in [4.78, 5) is 28.6. The van der Waals surface area contributed by atoms with Crippen molar-refractivity contribution in [3.63, 3.8) is 0 Å². The first-order valence-electron chi connectivity index (χ1n) is 6.33. The van der Waals surface area contributed by atoms with Crippen LogP contribution < -0.4 is 0 Å². The van der Waals surface area contributed by atoms with E-state index in [1.165, 1.54) is 4.90 Å². The second kappa shape index (κ2) is 4.52. The monoisotopic (exact) mass is 270 g/mol. The van der Waals surface area contributed by atoms with Crippen molar-refractivity contribution in [2.45, 2.75) is 12.0 Å². The summed E-state index contributed by atoms with van der Waals surface area (Å²) >= 11 is 0. The minimum absolute atomic E-state index is 0.155. The summed E-state index contributed by atoms with van der Waals surface area (Å²) in [5.74, 6) is -1.86. The van der Waals surface area contributed by atoms with E-state index >= 15 is 0 Å². The molecular weight excluding hydrogens is 256 g/mol. The zero-order valence-corrected chi connectivity index (χ0v) is 10.9. The van der Waals surface area contributed by atoms with Crippen LogP contribution in [0.1, 0.15) is 33.6 Å². The maximum atomic E-state index is 12.4. The van der Waals surface area contributed by atoms with E-state index in [0.717, 1.165) is 5.69 Å². The molecular formula is C15H14N2O3. The number of aromatic amines is 1. The van der Waals surface area contributed by atoms with Gasteiger partial charge >= 0.3 is 5.97 Å². The number of benzene rings is 1. The zero-order chi connectivity index (χ0) is 14.3. The van der Waals surface area contributed by atoms with E-state index in [-0.39, 0.29) is 5.91 Å². The third kappa shape index (κ3) is 1.71. The molecule has 2 atom stereocenters. The number of hydrogen-bond acceptors (Lipinski definition) is 2. The van der Waals surface area contributed by atoms with Gasteiger partial charge < -0.3 is 15.0 Å². The molecule has 0 aliphatic carbocycles. The molecule has 0 saturated carbocycles. The summed E-state index contributed by atoms with van der Waals surface area (Å²) in [5.41, 5.74) is 1.76. The van der Waals surface area contributed by atoms with Crippen molar-refractivity contribution in [1.29, 1.82) is 0 Å². The van der Waals surface area contributed by atoms with Crippen LogP contribution in [0.25, 0.3) is 0 Å². The first kappa shape index (κ1) is 12.5. The van der Waals surface area contributed by atoms with Gasteiger partial charge in [-0.25, -0.2) is 0 Å². The second-order valence-electron chi connectivity index (χ2n) is 4.89. The Morgan fingerprint density at radius 3 is 2.65 bits per heavy atom. The summed E-state index contributed by atoms with van der Waals surface area (Å²) in [5, 5.41) is 9.61. The first-order valence-corrected chi connectivity index (χ1v) is 6.33. The standard InChI is InChI=1S/C15H14N2O3/c1-17-13(11-7-4-8-16-11)12(15(19)20)9-5-2-3-6-10(9)14(17)18/h2-8,12-13,16H,1H3,(H,19,20). The van der Waals surface area contributed by atoms with Crippen LogP contribution in [-0.2, 0) is 4.79 Å². The molecule has 1 aromatic carbocycles. The lowest BCUT2D eigenvalue weighted by atomic mass is 9.82. The number of likely N-dealkylation sites (N-methyl/N-ethyl adjacent to an activating group) is 1. The molecule has 0 bridgehead atoms. The van der Waals surface area contributed by atoms with Crippen molar-refractivity contribution in [3.05, 3.63) is 59.4 Å². The van der Waals surface area contributed by atoms with Crippen LogP contribution >= 0.6 is 0 Å². The highest BCUT2D eigenvalue weighted by Crippen LogP contribution is 2.41. The van der Waals surface area contributed by atoms with E-state index in [2.05, 4.69) is 4.98 Å². The Hall–Kier alpha value is -2.56. The predicted molar refractivity (Wildman–Crippen MR) is 72.4 cm³/mol. The molecule has 2 aromatic rings. The van der Waals surface area contributed by atoms with Gasteiger partial charge in [0.2, 0.25) is 0 Å². The van der Waals surface area contributed by atoms with Gasteiger partial charge in [-0.1, -0.05) is 18.2 Å². The molecule has 2 heterocycles. The SMILES string of the molecule is CN1C(=O)c2ccccc2C(C(=O)O)C1c1ccc[nH]1. The lowest BCUT2D eigenvalue weighted by Crippen LogP contribution is -2.42. The molecule has 5 heteroatoms. The molecule has 1 aliphatic rings. The van der Waals surface area contributed by atoms with Crippen molar-refractivity contribution >= 4 is 11.9 Å². The third-order valence-corrected chi connectivity index (χ3v) is 3.79. The van der Waals surface area contributed by atoms with Crippen molar-refractivity contribution in [2.24, 2.45) is 0 Å². The largest absolute Gasteiger partial charge is 0.481 e. The highest BCUT2D eigenvalue weighted by atomic mass is 16.4. The lowest BCUT2D eigenvalue weighted by Gasteiger charge is -2.37. The van der Waals surface area contributed by atoms with Gasteiger partial charge in [0.05, 0.1) is 6.04 Å². The number of H-pyrrole nitrogens is 1. The van der Waals surface area contributed by atoms with Gasteiger partial charge in [-0.05, 0) is 23.8 Å². The average molecular weight is 270 g/mol. The minimum Gasteiger partial charge on any atom is -0.481 e. The number of hydrogen-bond donors (Lipinski definition) is 2. The van der Waals surface area contributed by atoms with Crippen LogP contribution in [0.3, 0.4) is 0 Å². The van der Waals surface area contributed by atoms with Crippen molar-refractivity contribution in [3.8, 4) is 0 Å². The molecule has 3 rings (SSSR count). The van der Waals surface area contributed by atoms with E-state index in [9.17, 15) is 14.7 Å². The summed E-state index contributed by atoms with van der Waals surface area (Å²) in [7, 11) is 1.64. The van der Waals surface area contributed by atoms with Crippen LogP contribution in [0.5, 0.6) is 0 Å². The smallest absolute Gasteiger partial charge is 0.313 e. The number of carbonyl (C=O) groups is 2. The number of fused-ring (bicyclic) bond motifs is 1. The Kier molecular flexibility index (Phi) is 2.82. The number of aromatic nitrogens is 1. The topological polar surface area (TPSA) is 73.4 Å². The first-order chi connectivity index (χ1) is 9.61. The summed E-state index contributed by atoms with van der Waals surface area (Å²) in [6.45, 7) is 0.